The quantitative estimate of drug-likeness (QED) is 0.696. The van der Waals surface area contributed by atoms with Crippen molar-refractivity contribution in [3.8, 4) is 0 Å². The number of ketones is 1. The molecule has 0 bridgehead atoms. The first-order valence-corrected chi connectivity index (χ1v) is 8.06. The molecule has 1 rings (SSSR count). The van der Waals surface area contributed by atoms with E-state index >= 15 is 0 Å². The molecular weight excluding hydrogens is 278 g/mol. The largest absolute Gasteiger partial charge is 0.480 e. The van der Waals surface area contributed by atoms with Crippen LogP contribution in [0.5, 0.6) is 0 Å². The van der Waals surface area contributed by atoms with Crippen molar-refractivity contribution in [2.24, 2.45) is 11.7 Å². The van der Waals surface area contributed by atoms with Gasteiger partial charge >= 0.3 is 5.97 Å². The van der Waals surface area contributed by atoms with Gasteiger partial charge in [-0.25, -0.2) is 0 Å². The Morgan fingerprint density at radius 2 is 1.73 bits per heavy atom. The van der Waals surface area contributed by atoms with E-state index in [1.807, 2.05) is 24.3 Å². The summed E-state index contributed by atoms with van der Waals surface area (Å²) in [6, 6.07) is 6.63. The number of hydrogen-bond donors (Lipinski definition) is 2. The number of benzene rings is 1. The van der Waals surface area contributed by atoms with Gasteiger partial charge in [0.15, 0.2) is 0 Å². The van der Waals surface area contributed by atoms with Crippen LogP contribution in [0.15, 0.2) is 24.3 Å². The van der Waals surface area contributed by atoms with Gasteiger partial charge in [-0.3, -0.25) is 9.59 Å². The van der Waals surface area contributed by atoms with Crippen molar-refractivity contribution >= 4 is 11.8 Å². The lowest BCUT2D eigenvalue weighted by Gasteiger charge is -2.14. The summed E-state index contributed by atoms with van der Waals surface area (Å²) in [6.45, 7) is 4.20. The summed E-state index contributed by atoms with van der Waals surface area (Å²) in [5.74, 6) is -0.587. The summed E-state index contributed by atoms with van der Waals surface area (Å²) in [5, 5.41) is 8.87. The fraction of sp³-hybridized carbons (Fsp3) is 0.556. The molecule has 1 aromatic rings. The molecule has 1 aromatic carbocycles. The van der Waals surface area contributed by atoms with E-state index in [1.54, 1.807) is 0 Å². The Morgan fingerprint density at radius 3 is 2.27 bits per heavy atom. The van der Waals surface area contributed by atoms with Gasteiger partial charge in [0.1, 0.15) is 11.8 Å². The van der Waals surface area contributed by atoms with Crippen molar-refractivity contribution in [2.75, 3.05) is 0 Å². The fourth-order valence-corrected chi connectivity index (χ4v) is 2.72. The predicted octanol–water partition coefficient (Wildman–Crippen LogP) is 2.97. The van der Waals surface area contributed by atoms with Crippen molar-refractivity contribution in [2.45, 2.75) is 58.4 Å². The topological polar surface area (TPSA) is 80.4 Å². The average molecular weight is 305 g/mol. The Kier molecular flexibility index (Phi) is 7.82. The number of aliphatic carboxylic acids is 1. The molecule has 3 N–H and O–H groups in total. The van der Waals surface area contributed by atoms with Gasteiger partial charge in [0.2, 0.25) is 0 Å². The summed E-state index contributed by atoms with van der Waals surface area (Å²) < 4.78 is 0. The van der Waals surface area contributed by atoms with E-state index in [4.69, 9.17) is 10.8 Å². The van der Waals surface area contributed by atoms with Crippen LogP contribution in [-0.4, -0.2) is 22.9 Å². The zero-order chi connectivity index (χ0) is 16.5. The number of Topliss-reactive ketones (excluding diaryl/α,β-unsaturated/α-hetero) is 1. The number of carboxylic acids is 1. The molecular formula is C18H27NO3. The van der Waals surface area contributed by atoms with Gasteiger partial charge < -0.3 is 10.8 Å². The molecule has 0 amide bonds. The predicted molar refractivity (Wildman–Crippen MR) is 87.8 cm³/mol. The Hall–Kier alpha value is -1.68. The van der Waals surface area contributed by atoms with Gasteiger partial charge in [-0.05, 0) is 30.4 Å². The molecule has 0 radical (unpaired) electrons. The van der Waals surface area contributed by atoms with E-state index in [2.05, 4.69) is 13.8 Å². The third kappa shape index (κ3) is 5.98. The molecule has 0 saturated heterocycles. The van der Waals surface area contributed by atoms with Gasteiger partial charge in [0.25, 0.3) is 0 Å². The van der Waals surface area contributed by atoms with E-state index in [-0.39, 0.29) is 18.1 Å². The highest BCUT2D eigenvalue weighted by atomic mass is 16.4. The van der Waals surface area contributed by atoms with Crippen molar-refractivity contribution in [3.05, 3.63) is 35.4 Å². The van der Waals surface area contributed by atoms with Crippen molar-refractivity contribution in [1.29, 1.82) is 0 Å². The molecule has 0 aromatic heterocycles. The second-order valence-corrected chi connectivity index (χ2v) is 5.89. The van der Waals surface area contributed by atoms with Gasteiger partial charge in [0, 0.05) is 12.3 Å². The van der Waals surface area contributed by atoms with Crippen molar-refractivity contribution < 1.29 is 14.7 Å². The number of rotatable bonds is 10. The highest BCUT2D eigenvalue weighted by Gasteiger charge is 2.17. The number of carbonyl (C=O) groups is 2. The number of carboxylic acid groups (broad SMARTS) is 1. The Balaban J connectivity index is 2.72. The first kappa shape index (κ1) is 18.4. The van der Waals surface area contributed by atoms with Crippen LogP contribution in [0.25, 0.3) is 0 Å². The molecule has 4 heteroatoms. The van der Waals surface area contributed by atoms with E-state index in [0.29, 0.717) is 6.42 Å². The monoisotopic (exact) mass is 305 g/mol. The summed E-state index contributed by atoms with van der Waals surface area (Å²) in [7, 11) is 0. The van der Waals surface area contributed by atoms with Crippen molar-refractivity contribution in [3.63, 3.8) is 0 Å². The number of nitrogens with two attached hydrogens (primary N) is 1. The van der Waals surface area contributed by atoms with E-state index < -0.39 is 12.0 Å². The van der Waals surface area contributed by atoms with Gasteiger partial charge in [-0.15, -0.1) is 0 Å². The molecule has 1 unspecified atom stereocenters. The van der Waals surface area contributed by atoms with E-state index in [1.165, 1.54) is 0 Å². The molecule has 0 saturated carbocycles. The molecule has 0 aliphatic rings. The maximum Gasteiger partial charge on any atom is 0.320 e. The summed E-state index contributed by atoms with van der Waals surface area (Å²) in [4.78, 5) is 23.2. The summed E-state index contributed by atoms with van der Waals surface area (Å²) in [5.41, 5.74) is 7.37. The molecule has 0 heterocycles. The summed E-state index contributed by atoms with van der Waals surface area (Å²) >= 11 is 0. The molecule has 0 aliphatic carbocycles. The van der Waals surface area contributed by atoms with Crippen LogP contribution in [0.2, 0.25) is 0 Å². The molecule has 22 heavy (non-hydrogen) atoms. The highest BCUT2D eigenvalue weighted by molar-refractivity contribution is 5.83. The van der Waals surface area contributed by atoms with Crippen LogP contribution in [0.3, 0.4) is 0 Å². The van der Waals surface area contributed by atoms with Gasteiger partial charge in [0.05, 0.1) is 0 Å². The normalized spacial score (nSPS) is 12.4. The zero-order valence-electron chi connectivity index (χ0n) is 13.5. The lowest BCUT2D eigenvalue weighted by Crippen LogP contribution is -2.32. The third-order valence-corrected chi connectivity index (χ3v) is 3.87. The molecule has 0 spiro atoms. The van der Waals surface area contributed by atoms with Crippen LogP contribution in [0.4, 0.5) is 0 Å². The molecule has 0 aliphatic heterocycles. The second-order valence-electron chi connectivity index (χ2n) is 5.89. The molecule has 0 fully saturated rings. The molecule has 1 atom stereocenters. The van der Waals surface area contributed by atoms with Crippen LogP contribution < -0.4 is 5.73 Å². The van der Waals surface area contributed by atoms with Crippen LogP contribution in [-0.2, 0) is 22.4 Å². The van der Waals surface area contributed by atoms with E-state index in [0.717, 1.165) is 36.8 Å². The van der Waals surface area contributed by atoms with Crippen LogP contribution in [0, 0.1) is 5.92 Å². The first-order valence-electron chi connectivity index (χ1n) is 8.06. The molecule has 4 nitrogen and oxygen atoms in total. The fourth-order valence-electron chi connectivity index (χ4n) is 2.72. The zero-order valence-corrected chi connectivity index (χ0v) is 13.5. The average Bonchev–Trinajstić information content (AvgIpc) is 2.47. The minimum Gasteiger partial charge on any atom is -0.480 e. The Morgan fingerprint density at radius 1 is 1.14 bits per heavy atom. The number of carbonyl (C=O) groups excluding carboxylic acids is 1. The highest BCUT2D eigenvalue weighted by Crippen LogP contribution is 2.18. The Bertz CT molecular complexity index is 493. The van der Waals surface area contributed by atoms with Crippen LogP contribution >= 0.6 is 0 Å². The minimum absolute atomic E-state index is 0.139. The third-order valence-electron chi connectivity index (χ3n) is 3.87. The first-order chi connectivity index (χ1) is 10.5. The standard InChI is InChI=1S/C18H27NO3/c1-3-6-15(7-4-2)17(20)12-14-9-5-8-13(10-14)11-16(19)18(21)22/h5,8-10,15-16H,3-4,6-7,11-12,19H2,1-2H3,(H,21,22). The maximum atomic E-state index is 12.4. The smallest absolute Gasteiger partial charge is 0.320 e. The Labute approximate surface area is 132 Å². The SMILES string of the molecule is CCCC(CCC)C(=O)Cc1cccc(CC(N)C(=O)O)c1. The summed E-state index contributed by atoms with van der Waals surface area (Å²) in [6.07, 6.45) is 4.62. The van der Waals surface area contributed by atoms with Gasteiger partial charge in [-0.1, -0.05) is 51.0 Å². The van der Waals surface area contributed by atoms with E-state index in [9.17, 15) is 9.59 Å². The lowest BCUT2D eigenvalue weighted by atomic mass is 9.89. The van der Waals surface area contributed by atoms with Crippen molar-refractivity contribution in [1.82, 2.24) is 0 Å². The van der Waals surface area contributed by atoms with Crippen LogP contribution in [0.1, 0.15) is 50.7 Å². The van der Waals surface area contributed by atoms with Gasteiger partial charge in [-0.2, -0.15) is 0 Å². The molecule has 122 valence electrons. The second kappa shape index (κ2) is 9.36. The number of hydrogen-bond acceptors (Lipinski definition) is 3. The minimum atomic E-state index is -1.01. The maximum absolute atomic E-state index is 12.4. The lowest BCUT2D eigenvalue weighted by molar-refractivity contribution is -0.138.